The van der Waals surface area contributed by atoms with Crippen molar-refractivity contribution in [3.05, 3.63) is 29.3 Å². The van der Waals surface area contributed by atoms with Crippen molar-refractivity contribution >= 4 is 5.78 Å². The monoisotopic (exact) mass is 250 g/mol. The van der Waals surface area contributed by atoms with Crippen LogP contribution in [-0.2, 0) is 11.3 Å². The minimum absolute atomic E-state index is 0.0510. The summed E-state index contributed by atoms with van der Waals surface area (Å²) in [6.45, 7) is 10.5. The largest absolute Gasteiger partial charge is 0.494 e. The Morgan fingerprint density at radius 2 is 1.94 bits per heavy atom. The summed E-state index contributed by atoms with van der Waals surface area (Å²) in [5, 5.41) is 0. The second-order valence-electron chi connectivity index (χ2n) is 5.21. The Morgan fingerprint density at radius 3 is 2.44 bits per heavy atom. The zero-order chi connectivity index (χ0) is 13.8. The molecule has 1 aromatic rings. The molecule has 0 amide bonds. The third-order valence-electron chi connectivity index (χ3n) is 2.43. The summed E-state index contributed by atoms with van der Waals surface area (Å²) in [7, 11) is 0. The predicted molar refractivity (Wildman–Crippen MR) is 72.2 cm³/mol. The second kappa shape index (κ2) is 6.01. The molecule has 3 nitrogen and oxygen atoms in total. The average molecular weight is 250 g/mol. The Hall–Kier alpha value is -1.35. The van der Waals surface area contributed by atoms with Gasteiger partial charge in [0.1, 0.15) is 5.75 Å². The molecule has 0 fully saturated rings. The lowest BCUT2D eigenvalue weighted by Crippen LogP contribution is -2.19. The molecule has 0 aliphatic carbocycles. The number of Topliss-reactive ketones (excluding diaryl/α,β-unsaturated/α-hetero) is 1. The summed E-state index contributed by atoms with van der Waals surface area (Å²) in [5.74, 6) is 0.835. The van der Waals surface area contributed by atoms with Crippen molar-refractivity contribution in [3.8, 4) is 5.75 Å². The Kier molecular flexibility index (Phi) is 4.91. The SMILES string of the molecule is CCOc1ccc(C(C)=O)cc1COC(C)(C)C. The van der Waals surface area contributed by atoms with E-state index >= 15 is 0 Å². The topological polar surface area (TPSA) is 35.5 Å². The first-order chi connectivity index (χ1) is 8.33. The molecule has 18 heavy (non-hydrogen) atoms. The van der Waals surface area contributed by atoms with Crippen molar-refractivity contribution in [2.45, 2.75) is 46.8 Å². The van der Waals surface area contributed by atoms with Crippen molar-refractivity contribution in [2.24, 2.45) is 0 Å². The summed E-state index contributed by atoms with van der Waals surface area (Å²) >= 11 is 0. The quantitative estimate of drug-likeness (QED) is 0.749. The van der Waals surface area contributed by atoms with E-state index in [-0.39, 0.29) is 11.4 Å². The molecule has 0 aliphatic heterocycles. The minimum atomic E-state index is -0.213. The van der Waals surface area contributed by atoms with Crippen LogP contribution in [0.15, 0.2) is 18.2 Å². The highest BCUT2D eigenvalue weighted by atomic mass is 16.5. The highest BCUT2D eigenvalue weighted by Gasteiger charge is 2.13. The van der Waals surface area contributed by atoms with Gasteiger partial charge in [-0.1, -0.05) is 0 Å². The number of benzene rings is 1. The van der Waals surface area contributed by atoms with Crippen LogP contribution in [0.3, 0.4) is 0 Å². The molecule has 0 N–H and O–H groups in total. The third-order valence-corrected chi connectivity index (χ3v) is 2.43. The second-order valence-corrected chi connectivity index (χ2v) is 5.21. The van der Waals surface area contributed by atoms with E-state index in [0.29, 0.717) is 18.8 Å². The molecule has 0 saturated carbocycles. The lowest BCUT2D eigenvalue weighted by atomic mass is 10.1. The van der Waals surface area contributed by atoms with Gasteiger partial charge in [-0.3, -0.25) is 4.79 Å². The number of hydrogen-bond donors (Lipinski definition) is 0. The lowest BCUT2D eigenvalue weighted by molar-refractivity contribution is -0.0157. The van der Waals surface area contributed by atoms with Gasteiger partial charge in [-0.25, -0.2) is 0 Å². The van der Waals surface area contributed by atoms with Gasteiger partial charge >= 0.3 is 0 Å². The van der Waals surface area contributed by atoms with Gasteiger partial charge in [0.05, 0.1) is 18.8 Å². The van der Waals surface area contributed by atoms with Crippen LogP contribution in [0.5, 0.6) is 5.75 Å². The number of carbonyl (C=O) groups is 1. The van der Waals surface area contributed by atoms with Crippen LogP contribution in [0.25, 0.3) is 0 Å². The van der Waals surface area contributed by atoms with Gasteiger partial charge in [0.15, 0.2) is 5.78 Å². The van der Waals surface area contributed by atoms with Crippen molar-refractivity contribution in [1.29, 1.82) is 0 Å². The molecule has 100 valence electrons. The van der Waals surface area contributed by atoms with Gasteiger partial charge in [0.25, 0.3) is 0 Å². The van der Waals surface area contributed by atoms with E-state index in [1.165, 1.54) is 0 Å². The molecule has 0 radical (unpaired) electrons. The molecule has 0 aliphatic rings. The van der Waals surface area contributed by atoms with Crippen LogP contribution in [0.1, 0.15) is 50.5 Å². The maximum Gasteiger partial charge on any atom is 0.159 e. The zero-order valence-electron chi connectivity index (χ0n) is 11.9. The number of carbonyl (C=O) groups excluding carboxylic acids is 1. The van der Waals surface area contributed by atoms with Crippen molar-refractivity contribution in [3.63, 3.8) is 0 Å². The number of ketones is 1. The molecular weight excluding hydrogens is 228 g/mol. The molecule has 1 aromatic carbocycles. The Bertz CT molecular complexity index is 416. The molecule has 3 heteroatoms. The predicted octanol–water partition coefficient (Wildman–Crippen LogP) is 3.60. The highest BCUT2D eigenvalue weighted by molar-refractivity contribution is 5.94. The molecule has 0 unspecified atom stereocenters. The summed E-state index contributed by atoms with van der Waals surface area (Å²) in [6.07, 6.45) is 0. The van der Waals surface area contributed by atoms with E-state index in [0.717, 1.165) is 11.3 Å². The maximum atomic E-state index is 11.4. The fraction of sp³-hybridized carbons (Fsp3) is 0.533. The van der Waals surface area contributed by atoms with Gasteiger partial charge in [0, 0.05) is 11.1 Å². The molecular formula is C15H22O3. The molecule has 0 saturated heterocycles. The van der Waals surface area contributed by atoms with Crippen LogP contribution in [-0.4, -0.2) is 18.0 Å². The normalized spacial score (nSPS) is 11.4. The summed E-state index contributed by atoms with van der Waals surface area (Å²) < 4.78 is 11.3. The number of hydrogen-bond acceptors (Lipinski definition) is 3. The van der Waals surface area contributed by atoms with Gasteiger partial charge in [-0.15, -0.1) is 0 Å². The van der Waals surface area contributed by atoms with Crippen molar-refractivity contribution in [1.82, 2.24) is 0 Å². The lowest BCUT2D eigenvalue weighted by Gasteiger charge is -2.21. The van der Waals surface area contributed by atoms with Crippen LogP contribution in [0.4, 0.5) is 0 Å². The molecule has 0 aromatic heterocycles. The fourth-order valence-corrected chi connectivity index (χ4v) is 1.50. The van der Waals surface area contributed by atoms with Gasteiger partial charge in [0.2, 0.25) is 0 Å². The minimum Gasteiger partial charge on any atom is -0.494 e. The standard InChI is InChI=1S/C15H22O3/c1-6-17-14-8-7-12(11(2)16)9-13(14)10-18-15(3,4)5/h7-9H,6,10H2,1-5H3. The molecule has 0 atom stereocenters. The van der Waals surface area contributed by atoms with Crippen LogP contribution >= 0.6 is 0 Å². The number of rotatable bonds is 5. The van der Waals surface area contributed by atoms with E-state index in [4.69, 9.17) is 9.47 Å². The first-order valence-corrected chi connectivity index (χ1v) is 6.24. The maximum absolute atomic E-state index is 11.4. The van der Waals surface area contributed by atoms with Crippen LogP contribution in [0, 0.1) is 0 Å². The van der Waals surface area contributed by atoms with Gasteiger partial charge in [-0.2, -0.15) is 0 Å². The Morgan fingerprint density at radius 1 is 1.28 bits per heavy atom. The summed E-state index contributed by atoms with van der Waals surface area (Å²) in [4.78, 5) is 11.4. The van der Waals surface area contributed by atoms with E-state index in [1.54, 1.807) is 13.0 Å². The highest BCUT2D eigenvalue weighted by Crippen LogP contribution is 2.23. The smallest absolute Gasteiger partial charge is 0.159 e. The van der Waals surface area contributed by atoms with Crippen LogP contribution in [0.2, 0.25) is 0 Å². The Labute approximate surface area is 109 Å². The first-order valence-electron chi connectivity index (χ1n) is 6.24. The Balaban J connectivity index is 2.96. The first kappa shape index (κ1) is 14.7. The third kappa shape index (κ3) is 4.49. The molecule has 0 heterocycles. The van der Waals surface area contributed by atoms with Crippen LogP contribution < -0.4 is 4.74 Å². The number of ether oxygens (including phenoxy) is 2. The summed E-state index contributed by atoms with van der Waals surface area (Å²) in [5.41, 5.74) is 1.39. The average Bonchev–Trinajstić information content (AvgIpc) is 2.26. The van der Waals surface area contributed by atoms with Crippen molar-refractivity contribution < 1.29 is 14.3 Å². The van der Waals surface area contributed by atoms with E-state index < -0.39 is 0 Å². The van der Waals surface area contributed by atoms with Gasteiger partial charge in [-0.05, 0) is 52.8 Å². The fourth-order valence-electron chi connectivity index (χ4n) is 1.50. The van der Waals surface area contributed by atoms with E-state index in [2.05, 4.69) is 0 Å². The zero-order valence-corrected chi connectivity index (χ0v) is 11.9. The molecule has 0 bridgehead atoms. The van der Waals surface area contributed by atoms with Gasteiger partial charge < -0.3 is 9.47 Å². The molecule has 0 spiro atoms. The van der Waals surface area contributed by atoms with E-state index in [1.807, 2.05) is 39.8 Å². The molecule has 1 rings (SSSR count). The van der Waals surface area contributed by atoms with E-state index in [9.17, 15) is 4.79 Å². The summed E-state index contributed by atoms with van der Waals surface area (Å²) in [6, 6.07) is 5.47. The van der Waals surface area contributed by atoms with Crippen molar-refractivity contribution in [2.75, 3.05) is 6.61 Å².